The molecular weight excluding hydrogens is 330 g/mol. The number of ether oxygens (including phenoxy) is 1. The number of nitrogens with zero attached hydrogens (tertiary/aromatic N) is 1. The molecule has 1 aliphatic carbocycles. The number of methoxy groups -OCH3 is 1. The predicted molar refractivity (Wildman–Crippen MR) is 112 cm³/mol. The summed E-state index contributed by atoms with van der Waals surface area (Å²) in [5.74, 6) is 0.834. The minimum atomic E-state index is -0.0761. The van der Waals surface area contributed by atoms with Crippen LogP contribution in [0.5, 0.6) is 5.75 Å². The van der Waals surface area contributed by atoms with Crippen molar-refractivity contribution in [3.05, 3.63) is 71.4 Å². The fraction of sp³-hybridized carbons (Fsp3) is 0.320. The summed E-state index contributed by atoms with van der Waals surface area (Å²) < 4.78 is 5.42. The molecule has 1 heterocycles. The second-order valence-electron chi connectivity index (χ2n) is 8.94. The highest BCUT2D eigenvalue weighted by atomic mass is 16.5. The van der Waals surface area contributed by atoms with Gasteiger partial charge in [-0.1, -0.05) is 71.0 Å². The molecule has 3 aromatic rings. The van der Waals surface area contributed by atoms with Gasteiger partial charge in [-0.15, -0.1) is 0 Å². The Labute approximate surface area is 162 Å². The number of fused-ring (bicyclic) bond motifs is 3. The molecule has 0 fully saturated rings. The van der Waals surface area contributed by atoms with Crippen LogP contribution < -0.4 is 4.74 Å². The molecule has 138 valence electrons. The zero-order valence-corrected chi connectivity index (χ0v) is 17.1. The van der Waals surface area contributed by atoms with E-state index >= 15 is 0 Å². The van der Waals surface area contributed by atoms with Crippen LogP contribution in [-0.4, -0.2) is 12.1 Å². The maximum Gasteiger partial charge on any atom is 0.122 e. The Balaban J connectivity index is 1.95. The fourth-order valence-electron chi connectivity index (χ4n) is 4.25. The Kier molecular flexibility index (Phi) is 3.92. The zero-order chi connectivity index (χ0) is 19.4. The molecule has 0 aliphatic heterocycles. The van der Waals surface area contributed by atoms with Crippen molar-refractivity contribution >= 4 is 0 Å². The Bertz CT molecular complexity index is 1020. The second-order valence-corrected chi connectivity index (χ2v) is 8.94. The van der Waals surface area contributed by atoms with E-state index in [1.54, 1.807) is 7.11 Å². The lowest BCUT2D eigenvalue weighted by Gasteiger charge is -2.26. The first-order valence-electron chi connectivity index (χ1n) is 9.53. The molecule has 0 radical (unpaired) electrons. The summed E-state index contributed by atoms with van der Waals surface area (Å²) >= 11 is 0. The SMILES string of the molecule is COc1ccnc(-c2cccc3c2C(C)(C)c2cc(C(C)(C)C)ccc2-3)c1. The van der Waals surface area contributed by atoms with Crippen LogP contribution in [0.3, 0.4) is 0 Å². The van der Waals surface area contributed by atoms with Gasteiger partial charge >= 0.3 is 0 Å². The molecule has 4 rings (SSSR count). The highest BCUT2D eigenvalue weighted by Crippen LogP contribution is 2.52. The van der Waals surface area contributed by atoms with E-state index in [0.29, 0.717) is 0 Å². The van der Waals surface area contributed by atoms with E-state index in [1.165, 1.54) is 33.4 Å². The van der Waals surface area contributed by atoms with Crippen molar-refractivity contribution < 1.29 is 4.74 Å². The summed E-state index contributed by atoms with van der Waals surface area (Å²) in [7, 11) is 1.70. The minimum absolute atomic E-state index is 0.0761. The van der Waals surface area contributed by atoms with E-state index in [1.807, 2.05) is 18.3 Å². The van der Waals surface area contributed by atoms with E-state index in [2.05, 4.69) is 76.0 Å². The number of pyridine rings is 1. The molecule has 1 aliphatic rings. The van der Waals surface area contributed by atoms with Crippen LogP contribution in [0.15, 0.2) is 54.7 Å². The number of rotatable bonds is 2. The Morgan fingerprint density at radius 2 is 1.63 bits per heavy atom. The number of hydrogen-bond donors (Lipinski definition) is 0. The molecule has 0 amide bonds. The van der Waals surface area contributed by atoms with Crippen LogP contribution in [0.2, 0.25) is 0 Å². The van der Waals surface area contributed by atoms with Gasteiger partial charge in [0.05, 0.1) is 12.8 Å². The monoisotopic (exact) mass is 357 g/mol. The third-order valence-corrected chi connectivity index (χ3v) is 5.78. The lowest BCUT2D eigenvalue weighted by atomic mass is 9.77. The molecule has 0 spiro atoms. The third-order valence-electron chi connectivity index (χ3n) is 5.78. The molecule has 0 saturated carbocycles. The van der Waals surface area contributed by atoms with Gasteiger partial charge in [-0.2, -0.15) is 0 Å². The summed E-state index contributed by atoms with van der Waals surface area (Å²) in [6.07, 6.45) is 1.82. The van der Waals surface area contributed by atoms with Gasteiger partial charge in [-0.05, 0) is 39.3 Å². The Hall–Kier alpha value is -2.61. The maximum absolute atomic E-state index is 5.42. The van der Waals surface area contributed by atoms with E-state index in [-0.39, 0.29) is 10.8 Å². The van der Waals surface area contributed by atoms with Gasteiger partial charge in [0.15, 0.2) is 0 Å². The van der Waals surface area contributed by atoms with Gasteiger partial charge in [0, 0.05) is 23.2 Å². The van der Waals surface area contributed by atoms with E-state index in [0.717, 1.165) is 11.4 Å². The van der Waals surface area contributed by atoms with Crippen molar-refractivity contribution in [1.82, 2.24) is 4.98 Å². The van der Waals surface area contributed by atoms with Crippen LogP contribution in [0.1, 0.15) is 51.3 Å². The van der Waals surface area contributed by atoms with Gasteiger partial charge in [-0.25, -0.2) is 0 Å². The lowest BCUT2D eigenvalue weighted by molar-refractivity contribution is 0.414. The van der Waals surface area contributed by atoms with E-state index < -0.39 is 0 Å². The van der Waals surface area contributed by atoms with Crippen LogP contribution in [0, 0.1) is 0 Å². The quantitative estimate of drug-likeness (QED) is 0.532. The zero-order valence-electron chi connectivity index (χ0n) is 17.1. The molecule has 2 aromatic carbocycles. The summed E-state index contributed by atoms with van der Waals surface area (Å²) in [5, 5.41) is 0. The molecule has 1 aromatic heterocycles. The largest absolute Gasteiger partial charge is 0.497 e. The Morgan fingerprint density at radius 3 is 2.33 bits per heavy atom. The van der Waals surface area contributed by atoms with Crippen molar-refractivity contribution in [2.45, 2.75) is 45.4 Å². The average Bonchev–Trinajstić information content (AvgIpc) is 2.88. The van der Waals surface area contributed by atoms with E-state index in [9.17, 15) is 0 Å². The van der Waals surface area contributed by atoms with Crippen molar-refractivity contribution in [2.75, 3.05) is 7.11 Å². The predicted octanol–water partition coefficient (Wildman–Crippen LogP) is 6.36. The normalized spacial score (nSPS) is 14.6. The summed E-state index contributed by atoms with van der Waals surface area (Å²) in [4.78, 5) is 4.64. The standard InChI is InChI=1S/C25H27NO/c1-24(2,3)16-10-11-18-19-8-7-9-20(22-15-17(27-6)12-13-26-22)23(19)25(4,5)21(18)14-16/h7-15H,1-6H3. The smallest absolute Gasteiger partial charge is 0.122 e. The van der Waals surface area contributed by atoms with Gasteiger partial charge in [0.25, 0.3) is 0 Å². The first-order chi connectivity index (χ1) is 12.7. The van der Waals surface area contributed by atoms with Crippen molar-refractivity contribution in [1.29, 1.82) is 0 Å². The van der Waals surface area contributed by atoms with Crippen LogP contribution >= 0.6 is 0 Å². The maximum atomic E-state index is 5.42. The molecular formula is C25H27NO. The average molecular weight is 357 g/mol. The topological polar surface area (TPSA) is 22.1 Å². The van der Waals surface area contributed by atoms with Gasteiger partial charge < -0.3 is 4.74 Å². The fourth-order valence-corrected chi connectivity index (χ4v) is 4.25. The molecule has 0 N–H and O–H groups in total. The summed E-state index contributed by atoms with van der Waals surface area (Å²) in [6, 6.07) is 17.4. The van der Waals surface area contributed by atoms with Crippen molar-refractivity contribution in [3.8, 4) is 28.1 Å². The minimum Gasteiger partial charge on any atom is -0.497 e. The van der Waals surface area contributed by atoms with Crippen LogP contribution in [-0.2, 0) is 10.8 Å². The van der Waals surface area contributed by atoms with E-state index in [4.69, 9.17) is 4.74 Å². The summed E-state index contributed by atoms with van der Waals surface area (Å²) in [5.41, 5.74) is 9.00. The number of aromatic nitrogens is 1. The van der Waals surface area contributed by atoms with Crippen molar-refractivity contribution in [3.63, 3.8) is 0 Å². The van der Waals surface area contributed by atoms with Crippen LogP contribution in [0.25, 0.3) is 22.4 Å². The Morgan fingerprint density at radius 1 is 0.889 bits per heavy atom. The molecule has 2 heteroatoms. The van der Waals surface area contributed by atoms with Crippen molar-refractivity contribution in [2.24, 2.45) is 0 Å². The highest BCUT2D eigenvalue weighted by molar-refractivity contribution is 5.87. The molecule has 0 atom stereocenters. The van der Waals surface area contributed by atoms with Gasteiger partial charge in [0.2, 0.25) is 0 Å². The first-order valence-corrected chi connectivity index (χ1v) is 9.53. The molecule has 0 bridgehead atoms. The molecule has 2 nitrogen and oxygen atoms in total. The summed E-state index contributed by atoms with van der Waals surface area (Å²) in [6.45, 7) is 11.5. The second kappa shape index (κ2) is 5.95. The number of hydrogen-bond acceptors (Lipinski definition) is 2. The molecule has 0 saturated heterocycles. The third kappa shape index (κ3) is 2.75. The highest BCUT2D eigenvalue weighted by Gasteiger charge is 2.38. The lowest BCUT2D eigenvalue weighted by Crippen LogP contribution is -2.18. The molecule has 0 unspecified atom stereocenters. The number of benzene rings is 2. The van der Waals surface area contributed by atoms with Gasteiger partial charge in [0.1, 0.15) is 5.75 Å². The first kappa shape index (κ1) is 17.8. The molecule has 27 heavy (non-hydrogen) atoms. The van der Waals surface area contributed by atoms with Crippen LogP contribution in [0.4, 0.5) is 0 Å². The van der Waals surface area contributed by atoms with Gasteiger partial charge in [-0.3, -0.25) is 4.98 Å².